The minimum absolute atomic E-state index is 0.140. The van der Waals surface area contributed by atoms with Crippen LogP contribution in [0.2, 0.25) is 0 Å². The molecule has 0 aliphatic carbocycles. The Labute approximate surface area is 141 Å². The lowest BCUT2D eigenvalue weighted by Gasteiger charge is -2.40. The molecule has 1 aromatic rings. The number of benzene rings is 1. The van der Waals surface area contributed by atoms with Crippen LogP contribution in [0.3, 0.4) is 0 Å². The van der Waals surface area contributed by atoms with Crippen molar-refractivity contribution < 1.29 is 24.5 Å². The van der Waals surface area contributed by atoms with Crippen LogP contribution in [0.25, 0.3) is 0 Å². The van der Waals surface area contributed by atoms with E-state index in [2.05, 4.69) is 5.32 Å². The van der Waals surface area contributed by atoms with Crippen LogP contribution in [-0.4, -0.2) is 65.4 Å². The zero-order valence-electron chi connectivity index (χ0n) is 13.7. The Morgan fingerprint density at radius 3 is 2.67 bits per heavy atom. The molecule has 2 rings (SSSR count). The molecule has 0 spiro atoms. The number of rotatable bonds is 7. The summed E-state index contributed by atoms with van der Waals surface area (Å²) in [5.41, 5.74) is 0.815. The van der Waals surface area contributed by atoms with Crippen molar-refractivity contribution in [3.05, 3.63) is 35.9 Å². The first-order valence-electron chi connectivity index (χ1n) is 8.10. The van der Waals surface area contributed by atoms with Crippen molar-refractivity contribution in [2.45, 2.75) is 31.5 Å². The van der Waals surface area contributed by atoms with E-state index in [-0.39, 0.29) is 32.1 Å². The van der Waals surface area contributed by atoms with E-state index in [1.54, 1.807) is 4.90 Å². The fraction of sp³-hybridized carbons (Fsp3) is 0.529. The second-order valence-electron chi connectivity index (χ2n) is 5.67. The van der Waals surface area contributed by atoms with Gasteiger partial charge in [0.2, 0.25) is 5.91 Å². The zero-order valence-corrected chi connectivity index (χ0v) is 13.7. The SMILES string of the molecule is CCN1C(=O)CO[C@H](C(=O)N[C@@H](CO)CCO)[C@H]1c1ccccc1. The van der Waals surface area contributed by atoms with Crippen LogP contribution in [0, 0.1) is 0 Å². The first kappa shape index (κ1) is 18.4. The van der Waals surface area contributed by atoms with Gasteiger partial charge in [-0.15, -0.1) is 0 Å². The van der Waals surface area contributed by atoms with Gasteiger partial charge in [0, 0.05) is 13.2 Å². The average Bonchev–Trinajstić information content (AvgIpc) is 2.61. The molecule has 3 atom stereocenters. The Bertz CT molecular complexity index is 551. The maximum Gasteiger partial charge on any atom is 0.251 e. The summed E-state index contributed by atoms with van der Waals surface area (Å²) in [6.07, 6.45) is -0.612. The fourth-order valence-electron chi connectivity index (χ4n) is 2.90. The van der Waals surface area contributed by atoms with Gasteiger partial charge in [-0.1, -0.05) is 30.3 Å². The molecular formula is C17H24N2O5. The molecule has 0 bridgehead atoms. The highest BCUT2D eigenvalue weighted by molar-refractivity contribution is 5.86. The predicted molar refractivity (Wildman–Crippen MR) is 87.0 cm³/mol. The van der Waals surface area contributed by atoms with Crippen molar-refractivity contribution >= 4 is 11.8 Å². The van der Waals surface area contributed by atoms with E-state index in [4.69, 9.17) is 9.84 Å². The highest BCUT2D eigenvalue weighted by atomic mass is 16.5. The molecule has 0 aromatic heterocycles. The van der Waals surface area contributed by atoms with Crippen LogP contribution >= 0.6 is 0 Å². The van der Waals surface area contributed by atoms with Gasteiger partial charge in [-0.3, -0.25) is 9.59 Å². The monoisotopic (exact) mass is 336 g/mol. The van der Waals surface area contributed by atoms with E-state index >= 15 is 0 Å². The van der Waals surface area contributed by atoms with Gasteiger partial charge in [-0.2, -0.15) is 0 Å². The number of hydrogen-bond acceptors (Lipinski definition) is 5. The van der Waals surface area contributed by atoms with Crippen LogP contribution in [-0.2, 0) is 14.3 Å². The van der Waals surface area contributed by atoms with Crippen LogP contribution in [0.1, 0.15) is 24.9 Å². The van der Waals surface area contributed by atoms with E-state index < -0.39 is 24.1 Å². The standard InChI is InChI=1S/C17H24N2O5/c1-2-19-14(22)11-24-16(15(19)12-6-4-3-5-7-12)17(23)18-13(10-21)8-9-20/h3-7,13,15-16,20-21H,2,8-11H2,1H3,(H,18,23)/t13-,15-,16+/m1/s1. The molecule has 7 nitrogen and oxygen atoms in total. The number of aliphatic hydroxyl groups excluding tert-OH is 2. The Hall–Kier alpha value is -1.96. The molecule has 0 unspecified atom stereocenters. The van der Waals surface area contributed by atoms with Crippen molar-refractivity contribution in [1.82, 2.24) is 10.2 Å². The largest absolute Gasteiger partial charge is 0.396 e. The molecule has 1 aliphatic rings. The van der Waals surface area contributed by atoms with Crippen molar-refractivity contribution in [1.29, 1.82) is 0 Å². The molecule has 1 aliphatic heterocycles. The summed E-state index contributed by atoms with van der Waals surface area (Å²) in [6.45, 7) is 1.76. The topological polar surface area (TPSA) is 99.1 Å². The normalized spacial score (nSPS) is 22.3. The lowest BCUT2D eigenvalue weighted by atomic mass is 9.97. The fourth-order valence-corrected chi connectivity index (χ4v) is 2.90. The summed E-state index contributed by atoms with van der Waals surface area (Å²) in [4.78, 5) is 26.4. The van der Waals surface area contributed by atoms with Crippen LogP contribution in [0.4, 0.5) is 0 Å². The van der Waals surface area contributed by atoms with Gasteiger partial charge in [0.1, 0.15) is 6.61 Å². The Morgan fingerprint density at radius 1 is 1.38 bits per heavy atom. The summed E-state index contributed by atoms with van der Waals surface area (Å²) in [5, 5.41) is 21.0. The summed E-state index contributed by atoms with van der Waals surface area (Å²) in [6, 6.07) is 8.20. The summed E-state index contributed by atoms with van der Waals surface area (Å²) >= 11 is 0. The second-order valence-corrected chi connectivity index (χ2v) is 5.67. The molecule has 1 saturated heterocycles. The Morgan fingerprint density at radius 2 is 2.08 bits per heavy atom. The van der Waals surface area contributed by atoms with Crippen molar-refractivity contribution in [2.75, 3.05) is 26.4 Å². The van der Waals surface area contributed by atoms with E-state index in [0.29, 0.717) is 6.54 Å². The van der Waals surface area contributed by atoms with Crippen molar-refractivity contribution in [3.63, 3.8) is 0 Å². The lowest BCUT2D eigenvalue weighted by Crippen LogP contribution is -2.56. The number of hydrogen-bond donors (Lipinski definition) is 3. The molecule has 2 amide bonds. The highest BCUT2D eigenvalue weighted by Gasteiger charge is 2.41. The van der Waals surface area contributed by atoms with E-state index in [1.165, 1.54) is 0 Å². The van der Waals surface area contributed by atoms with Gasteiger partial charge < -0.3 is 25.2 Å². The van der Waals surface area contributed by atoms with E-state index in [1.807, 2.05) is 37.3 Å². The van der Waals surface area contributed by atoms with Gasteiger partial charge in [0.25, 0.3) is 5.91 Å². The maximum atomic E-state index is 12.6. The lowest BCUT2D eigenvalue weighted by molar-refractivity contribution is -0.164. The first-order chi connectivity index (χ1) is 11.6. The number of likely N-dealkylation sites (N-methyl/N-ethyl adjacent to an activating group) is 1. The van der Waals surface area contributed by atoms with Crippen LogP contribution < -0.4 is 5.32 Å². The molecule has 24 heavy (non-hydrogen) atoms. The molecule has 132 valence electrons. The molecule has 0 radical (unpaired) electrons. The number of amides is 2. The van der Waals surface area contributed by atoms with Gasteiger partial charge in [-0.25, -0.2) is 0 Å². The minimum Gasteiger partial charge on any atom is -0.396 e. The van der Waals surface area contributed by atoms with Gasteiger partial charge in [-0.05, 0) is 18.9 Å². The minimum atomic E-state index is -0.863. The second kappa shape index (κ2) is 8.77. The van der Waals surface area contributed by atoms with Crippen molar-refractivity contribution in [3.8, 4) is 0 Å². The Kier molecular flexibility index (Phi) is 6.72. The van der Waals surface area contributed by atoms with Gasteiger partial charge in [0.15, 0.2) is 6.10 Å². The Balaban J connectivity index is 2.25. The van der Waals surface area contributed by atoms with Gasteiger partial charge in [0.05, 0.1) is 18.7 Å². The highest BCUT2D eigenvalue weighted by Crippen LogP contribution is 2.30. The number of nitrogens with zero attached hydrogens (tertiary/aromatic N) is 1. The summed E-state index contributed by atoms with van der Waals surface area (Å²) < 4.78 is 5.53. The number of morpholine rings is 1. The zero-order chi connectivity index (χ0) is 17.5. The third-order valence-corrected chi connectivity index (χ3v) is 4.11. The van der Waals surface area contributed by atoms with E-state index in [0.717, 1.165) is 5.56 Å². The maximum absolute atomic E-state index is 12.6. The number of nitrogens with one attached hydrogen (secondary N) is 1. The smallest absolute Gasteiger partial charge is 0.251 e. The average molecular weight is 336 g/mol. The molecule has 1 aromatic carbocycles. The summed E-state index contributed by atoms with van der Waals surface area (Å²) in [7, 11) is 0. The molecule has 1 fully saturated rings. The van der Waals surface area contributed by atoms with Crippen LogP contribution in [0.15, 0.2) is 30.3 Å². The third-order valence-electron chi connectivity index (χ3n) is 4.11. The molecule has 7 heteroatoms. The molecule has 0 saturated carbocycles. The molecular weight excluding hydrogens is 312 g/mol. The first-order valence-corrected chi connectivity index (χ1v) is 8.10. The summed E-state index contributed by atoms with van der Waals surface area (Å²) in [5.74, 6) is -0.563. The van der Waals surface area contributed by atoms with Gasteiger partial charge >= 0.3 is 0 Å². The number of carbonyl (C=O) groups is 2. The number of aliphatic hydroxyl groups is 2. The molecule has 1 heterocycles. The van der Waals surface area contributed by atoms with E-state index in [9.17, 15) is 14.7 Å². The number of carbonyl (C=O) groups excluding carboxylic acids is 2. The quantitative estimate of drug-likeness (QED) is 0.642. The molecule has 3 N–H and O–H groups in total. The van der Waals surface area contributed by atoms with Crippen molar-refractivity contribution in [2.24, 2.45) is 0 Å². The third kappa shape index (κ3) is 4.11. The predicted octanol–water partition coefficient (Wildman–Crippen LogP) is -0.165. The van der Waals surface area contributed by atoms with Crippen LogP contribution in [0.5, 0.6) is 0 Å². The number of ether oxygens (including phenoxy) is 1.